The Morgan fingerprint density at radius 1 is 1.20 bits per heavy atom. The SMILES string of the molecule is CC(C)=CCc1cccc2[nH]cc(C[C@@H]3NC(=O)/C(=C(/C)O)C3=O)c12. The zero-order valence-corrected chi connectivity index (χ0v) is 14.6. The van der Waals surface area contributed by atoms with E-state index in [1.54, 1.807) is 0 Å². The number of amides is 1. The highest BCUT2D eigenvalue weighted by Crippen LogP contribution is 2.26. The Morgan fingerprint density at radius 3 is 2.60 bits per heavy atom. The van der Waals surface area contributed by atoms with Crippen LogP contribution in [0.1, 0.15) is 31.9 Å². The van der Waals surface area contributed by atoms with Gasteiger partial charge in [-0.15, -0.1) is 0 Å². The number of carbonyl (C=O) groups excluding carboxylic acids is 2. The second-order valence-electron chi connectivity index (χ2n) is 6.69. The molecule has 3 rings (SSSR count). The lowest BCUT2D eigenvalue weighted by Gasteiger charge is -2.09. The first-order valence-corrected chi connectivity index (χ1v) is 8.34. The van der Waals surface area contributed by atoms with Crippen molar-refractivity contribution in [2.75, 3.05) is 0 Å². The zero-order valence-electron chi connectivity index (χ0n) is 14.6. The van der Waals surface area contributed by atoms with Gasteiger partial charge < -0.3 is 15.4 Å². The van der Waals surface area contributed by atoms with Crippen LogP contribution in [-0.4, -0.2) is 27.8 Å². The quantitative estimate of drug-likeness (QED) is 0.347. The van der Waals surface area contributed by atoms with Crippen LogP contribution in [0.25, 0.3) is 10.9 Å². The van der Waals surface area contributed by atoms with Crippen LogP contribution in [-0.2, 0) is 22.4 Å². The third-order valence-corrected chi connectivity index (χ3v) is 4.49. The molecule has 2 heterocycles. The van der Waals surface area contributed by atoms with Crippen LogP contribution >= 0.6 is 0 Å². The second kappa shape index (κ2) is 6.59. The van der Waals surface area contributed by atoms with Crippen LogP contribution in [0.2, 0.25) is 0 Å². The van der Waals surface area contributed by atoms with E-state index in [1.165, 1.54) is 18.1 Å². The number of carbonyl (C=O) groups is 2. The van der Waals surface area contributed by atoms with E-state index >= 15 is 0 Å². The predicted octanol–water partition coefficient (Wildman–Crippen LogP) is 3.12. The summed E-state index contributed by atoms with van der Waals surface area (Å²) in [6.45, 7) is 5.49. The van der Waals surface area contributed by atoms with E-state index in [1.807, 2.05) is 18.3 Å². The number of aliphatic hydroxyl groups is 1. The highest BCUT2D eigenvalue weighted by molar-refractivity contribution is 6.26. The van der Waals surface area contributed by atoms with Crippen molar-refractivity contribution in [1.29, 1.82) is 0 Å². The molecular formula is C20H22N2O3. The molecule has 5 nitrogen and oxygen atoms in total. The maximum Gasteiger partial charge on any atom is 0.259 e. The normalized spacial score (nSPS) is 19.2. The van der Waals surface area contributed by atoms with E-state index < -0.39 is 11.9 Å². The van der Waals surface area contributed by atoms with Crippen molar-refractivity contribution < 1.29 is 14.7 Å². The minimum Gasteiger partial charge on any atom is -0.512 e. The number of ketones is 1. The smallest absolute Gasteiger partial charge is 0.259 e. The Kier molecular flexibility index (Phi) is 4.49. The van der Waals surface area contributed by atoms with E-state index in [0.717, 1.165) is 22.9 Å². The van der Waals surface area contributed by atoms with Crippen LogP contribution < -0.4 is 5.32 Å². The monoisotopic (exact) mass is 338 g/mol. The molecule has 1 aliphatic heterocycles. The van der Waals surface area contributed by atoms with Crippen molar-refractivity contribution >= 4 is 22.6 Å². The van der Waals surface area contributed by atoms with Gasteiger partial charge in [0.2, 0.25) is 0 Å². The summed E-state index contributed by atoms with van der Waals surface area (Å²) >= 11 is 0. The van der Waals surface area contributed by atoms with Gasteiger partial charge >= 0.3 is 0 Å². The molecule has 1 amide bonds. The standard InChI is InChI=1S/C20H22N2O3/c1-11(2)7-8-13-5-4-6-15-18(13)14(10-21-15)9-16-19(24)17(12(3)23)20(25)22-16/h4-7,10,16,21,23H,8-9H2,1-3H3,(H,22,25)/b17-12-/t16-/m0/s1. The first-order valence-electron chi connectivity index (χ1n) is 8.34. The minimum atomic E-state index is -0.639. The number of fused-ring (bicyclic) bond motifs is 1. The van der Waals surface area contributed by atoms with Crippen LogP contribution in [0, 0.1) is 0 Å². The lowest BCUT2D eigenvalue weighted by atomic mass is 9.97. The van der Waals surface area contributed by atoms with Gasteiger partial charge in [0.1, 0.15) is 11.3 Å². The molecule has 1 fully saturated rings. The molecule has 0 spiro atoms. The number of Topliss-reactive ketones (excluding diaryl/α,β-unsaturated/α-hetero) is 1. The maximum absolute atomic E-state index is 12.4. The fraction of sp³-hybridized carbons (Fsp3) is 0.300. The van der Waals surface area contributed by atoms with Crippen molar-refractivity contribution in [2.24, 2.45) is 0 Å². The molecule has 0 radical (unpaired) electrons. The topological polar surface area (TPSA) is 82.2 Å². The number of hydrogen-bond donors (Lipinski definition) is 3. The van der Waals surface area contributed by atoms with Crippen molar-refractivity contribution in [1.82, 2.24) is 10.3 Å². The summed E-state index contributed by atoms with van der Waals surface area (Å²) in [5, 5.41) is 13.3. The average Bonchev–Trinajstić information content (AvgIpc) is 3.07. The Hall–Kier alpha value is -2.82. The van der Waals surface area contributed by atoms with Crippen LogP contribution in [0.15, 0.2) is 47.4 Å². The Labute approximate surface area is 146 Å². The molecule has 0 bridgehead atoms. The number of aromatic amines is 1. The van der Waals surface area contributed by atoms with E-state index in [4.69, 9.17) is 0 Å². The van der Waals surface area contributed by atoms with Gasteiger partial charge in [0.15, 0.2) is 5.78 Å². The highest BCUT2D eigenvalue weighted by atomic mass is 16.3. The van der Waals surface area contributed by atoms with Gasteiger partial charge in [0.05, 0.1) is 6.04 Å². The molecule has 5 heteroatoms. The Morgan fingerprint density at radius 2 is 1.96 bits per heavy atom. The number of hydrogen-bond acceptors (Lipinski definition) is 3. The molecule has 1 aliphatic rings. The molecule has 3 N–H and O–H groups in total. The van der Waals surface area contributed by atoms with E-state index in [2.05, 4.69) is 36.3 Å². The van der Waals surface area contributed by atoms with E-state index in [0.29, 0.717) is 6.42 Å². The van der Waals surface area contributed by atoms with Gasteiger partial charge in [-0.25, -0.2) is 0 Å². The van der Waals surface area contributed by atoms with Gasteiger partial charge in [-0.3, -0.25) is 9.59 Å². The third-order valence-electron chi connectivity index (χ3n) is 4.49. The van der Waals surface area contributed by atoms with Crippen molar-refractivity contribution in [3.05, 3.63) is 58.5 Å². The minimum absolute atomic E-state index is 0.130. The first-order chi connectivity index (χ1) is 11.9. The molecular weight excluding hydrogens is 316 g/mol. The summed E-state index contributed by atoms with van der Waals surface area (Å²) in [6, 6.07) is 5.45. The van der Waals surface area contributed by atoms with Gasteiger partial charge in [-0.1, -0.05) is 23.8 Å². The van der Waals surface area contributed by atoms with Gasteiger partial charge in [0, 0.05) is 23.5 Å². The number of benzene rings is 1. The largest absolute Gasteiger partial charge is 0.512 e. The summed E-state index contributed by atoms with van der Waals surface area (Å²) in [4.78, 5) is 27.6. The number of rotatable bonds is 4. The fourth-order valence-electron chi connectivity index (χ4n) is 3.27. The number of H-pyrrole nitrogens is 1. The molecule has 0 saturated carbocycles. The fourth-order valence-corrected chi connectivity index (χ4v) is 3.27. The van der Waals surface area contributed by atoms with E-state index in [9.17, 15) is 14.7 Å². The number of allylic oxidation sites excluding steroid dienone is 3. The highest BCUT2D eigenvalue weighted by Gasteiger charge is 2.37. The van der Waals surface area contributed by atoms with Crippen molar-refractivity contribution in [2.45, 2.75) is 39.7 Å². The van der Waals surface area contributed by atoms with Gasteiger partial charge in [0.25, 0.3) is 5.91 Å². The van der Waals surface area contributed by atoms with Crippen molar-refractivity contribution in [3.63, 3.8) is 0 Å². The van der Waals surface area contributed by atoms with Crippen molar-refractivity contribution in [3.8, 4) is 0 Å². The zero-order chi connectivity index (χ0) is 18.1. The summed E-state index contributed by atoms with van der Waals surface area (Å²) in [7, 11) is 0. The third kappa shape index (κ3) is 3.22. The molecule has 2 aromatic rings. The van der Waals surface area contributed by atoms with Gasteiger partial charge in [-0.05, 0) is 44.4 Å². The molecule has 1 aromatic carbocycles. The Balaban J connectivity index is 1.95. The van der Waals surface area contributed by atoms with Crippen LogP contribution in [0.5, 0.6) is 0 Å². The van der Waals surface area contributed by atoms with E-state index in [-0.39, 0.29) is 17.1 Å². The molecule has 25 heavy (non-hydrogen) atoms. The number of aliphatic hydroxyl groups excluding tert-OH is 1. The number of aromatic nitrogens is 1. The summed E-state index contributed by atoms with van der Waals surface area (Å²) in [5.41, 5.74) is 4.31. The maximum atomic E-state index is 12.4. The number of nitrogens with one attached hydrogen (secondary N) is 2. The Bertz CT molecular complexity index is 910. The predicted molar refractivity (Wildman–Crippen MR) is 97.4 cm³/mol. The van der Waals surface area contributed by atoms with Crippen LogP contribution in [0.3, 0.4) is 0 Å². The van der Waals surface area contributed by atoms with Crippen LogP contribution in [0.4, 0.5) is 0 Å². The molecule has 130 valence electrons. The molecule has 1 saturated heterocycles. The lowest BCUT2D eigenvalue weighted by Crippen LogP contribution is -2.31. The summed E-state index contributed by atoms with van der Waals surface area (Å²) in [6.07, 6.45) is 5.28. The molecule has 1 atom stereocenters. The van der Waals surface area contributed by atoms with Gasteiger partial charge in [-0.2, -0.15) is 0 Å². The molecule has 0 unspecified atom stereocenters. The lowest BCUT2D eigenvalue weighted by molar-refractivity contribution is -0.117. The first kappa shape index (κ1) is 17.0. The summed E-state index contributed by atoms with van der Waals surface area (Å²) in [5.74, 6) is -1.08. The average molecular weight is 338 g/mol. The molecule has 1 aromatic heterocycles. The second-order valence-corrected chi connectivity index (χ2v) is 6.69. The molecule has 0 aliphatic carbocycles. The summed E-state index contributed by atoms with van der Waals surface area (Å²) < 4.78 is 0.